The van der Waals surface area contributed by atoms with E-state index in [-0.39, 0.29) is 5.56 Å². The number of carbonyl (C=O) groups excluding carboxylic acids is 2. The van der Waals surface area contributed by atoms with Crippen LogP contribution in [0.2, 0.25) is 0 Å². The maximum Gasteiger partial charge on any atom is 0.416 e. The Kier molecular flexibility index (Phi) is 5.61. The van der Waals surface area contributed by atoms with E-state index in [0.29, 0.717) is 11.8 Å². The van der Waals surface area contributed by atoms with Crippen molar-refractivity contribution in [3.8, 4) is 0 Å². The lowest BCUT2D eigenvalue weighted by Gasteiger charge is -2.09. The smallest absolute Gasteiger partial charge is 0.416 e. The van der Waals surface area contributed by atoms with Crippen molar-refractivity contribution in [2.75, 3.05) is 11.9 Å². The number of amides is 1. The Hall–Kier alpha value is -2.35. The summed E-state index contributed by atoms with van der Waals surface area (Å²) in [6.07, 6.45) is -4.56. The highest BCUT2D eigenvalue weighted by Gasteiger charge is 2.31. The van der Waals surface area contributed by atoms with Gasteiger partial charge in [0.1, 0.15) is 0 Å². The molecule has 1 N–H and O–H groups in total. The van der Waals surface area contributed by atoms with Gasteiger partial charge >= 0.3 is 12.1 Å². The Morgan fingerprint density at radius 2 is 1.75 bits per heavy atom. The van der Waals surface area contributed by atoms with E-state index < -0.39 is 30.2 Å². The molecule has 0 atom stereocenters. The van der Waals surface area contributed by atoms with Crippen molar-refractivity contribution in [1.29, 1.82) is 0 Å². The Balaban J connectivity index is 1.93. The summed E-state index contributed by atoms with van der Waals surface area (Å²) in [5.41, 5.74) is -0.740. The van der Waals surface area contributed by atoms with Crippen LogP contribution in [0.15, 0.2) is 53.0 Å². The van der Waals surface area contributed by atoms with Gasteiger partial charge in [-0.05, 0) is 42.5 Å². The van der Waals surface area contributed by atoms with E-state index in [1.807, 2.05) is 0 Å². The van der Waals surface area contributed by atoms with E-state index in [1.165, 1.54) is 6.07 Å². The van der Waals surface area contributed by atoms with E-state index in [1.54, 1.807) is 24.3 Å². The fraction of sp³-hybridized carbons (Fsp3) is 0.125. The molecule has 0 aromatic heterocycles. The topological polar surface area (TPSA) is 55.4 Å². The van der Waals surface area contributed by atoms with Gasteiger partial charge in [0.25, 0.3) is 5.91 Å². The Morgan fingerprint density at radius 3 is 2.38 bits per heavy atom. The second kappa shape index (κ2) is 7.48. The van der Waals surface area contributed by atoms with Crippen molar-refractivity contribution in [2.24, 2.45) is 0 Å². The Morgan fingerprint density at radius 1 is 1.08 bits per heavy atom. The van der Waals surface area contributed by atoms with Gasteiger partial charge in [-0.2, -0.15) is 13.2 Å². The van der Waals surface area contributed by atoms with E-state index in [2.05, 4.69) is 21.2 Å². The Labute approximate surface area is 143 Å². The first-order valence-electron chi connectivity index (χ1n) is 6.65. The first-order chi connectivity index (χ1) is 11.3. The van der Waals surface area contributed by atoms with Gasteiger partial charge in [0.15, 0.2) is 6.61 Å². The number of carbonyl (C=O) groups is 2. The highest BCUT2D eigenvalue weighted by atomic mass is 79.9. The van der Waals surface area contributed by atoms with Crippen LogP contribution in [0.3, 0.4) is 0 Å². The van der Waals surface area contributed by atoms with Gasteiger partial charge in [-0.1, -0.05) is 22.0 Å². The number of hydrogen-bond acceptors (Lipinski definition) is 3. The summed E-state index contributed by atoms with van der Waals surface area (Å²) in [5.74, 6) is -1.61. The average molecular weight is 402 g/mol. The lowest BCUT2D eigenvalue weighted by molar-refractivity contribution is -0.137. The van der Waals surface area contributed by atoms with Crippen LogP contribution in [0.25, 0.3) is 0 Å². The number of esters is 1. The molecule has 0 heterocycles. The summed E-state index contributed by atoms with van der Waals surface area (Å²) in [4.78, 5) is 23.4. The maximum absolute atomic E-state index is 12.6. The van der Waals surface area contributed by atoms with Crippen molar-refractivity contribution in [2.45, 2.75) is 6.18 Å². The summed E-state index contributed by atoms with van der Waals surface area (Å²) >= 11 is 3.24. The molecule has 0 spiro atoms. The van der Waals surface area contributed by atoms with Crippen molar-refractivity contribution >= 4 is 33.5 Å². The molecule has 0 bridgehead atoms. The lowest BCUT2D eigenvalue weighted by atomic mass is 10.1. The lowest BCUT2D eigenvalue weighted by Crippen LogP contribution is -2.21. The van der Waals surface area contributed by atoms with Crippen molar-refractivity contribution in [3.63, 3.8) is 0 Å². The van der Waals surface area contributed by atoms with E-state index >= 15 is 0 Å². The standard InChI is InChI=1S/C16H11BrF3NO3/c17-12-4-6-13(7-5-12)21-14(22)9-24-15(23)10-2-1-3-11(8-10)16(18,19)20/h1-8H,9H2,(H,21,22). The van der Waals surface area contributed by atoms with E-state index in [0.717, 1.165) is 16.6 Å². The number of ether oxygens (including phenoxy) is 1. The fourth-order valence-corrected chi connectivity index (χ4v) is 2.03. The number of rotatable bonds is 4. The molecule has 2 aromatic rings. The second-order valence-electron chi connectivity index (χ2n) is 4.71. The summed E-state index contributed by atoms with van der Waals surface area (Å²) in [6.45, 7) is -0.606. The minimum atomic E-state index is -4.56. The number of halogens is 4. The van der Waals surface area contributed by atoms with Gasteiger partial charge in [-0.15, -0.1) is 0 Å². The molecule has 0 saturated heterocycles. The predicted molar refractivity (Wildman–Crippen MR) is 84.5 cm³/mol. The van der Waals surface area contributed by atoms with E-state index in [9.17, 15) is 22.8 Å². The molecule has 2 rings (SSSR count). The third-order valence-electron chi connectivity index (χ3n) is 2.89. The molecule has 0 saturated carbocycles. The molecule has 4 nitrogen and oxygen atoms in total. The molecular weight excluding hydrogens is 391 g/mol. The summed E-state index contributed by atoms with van der Waals surface area (Å²) in [5, 5.41) is 2.49. The van der Waals surface area contributed by atoms with Gasteiger partial charge in [0.05, 0.1) is 11.1 Å². The molecule has 0 radical (unpaired) electrons. The summed E-state index contributed by atoms with van der Waals surface area (Å²) in [6, 6.07) is 10.5. The summed E-state index contributed by atoms with van der Waals surface area (Å²) in [7, 11) is 0. The zero-order valence-corrected chi connectivity index (χ0v) is 13.6. The highest BCUT2D eigenvalue weighted by Crippen LogP contribution is 2.29. The minimum absolute atomic E-state index is 0.277. The van der Waals surface area contributed by atoms with Gasteiger partial charge in [0, 0.05) is 10.2 Å². The number of hydrogen-bond donors (Lipinski definition) is 1. The van der Waals surface area contributed by atoms with Crippen LogP contribution in [0.1, 0.15) is 15.9 Å². The zero-order valence-electron chi connectivity index (χ0n) is 12.1. The first kappa shape index (κ1) is 18.0. The predicted octanol–water partition coefficient (Wildman–Crippen LogP) is 4.26. The van der Waals surface area contributed by atoms with Crippen LogP contribution in [0, 0.1) is 0 Å². The van der Waals surface area contributed by atoms with Gasteiger partial charge < -0.3 is 10.1 Å². The number of nitrogens with one attached hydrogen (secondary N) is 1. The Bertz CT molecular complexity index is 745. The molecule has 8 heteroatoms. The van der Waals surface area contributed by atoms with Crippen LogP contribution >= 0.6 is 15.9 Å². The van der Waals surface area contributed by atoms with Crippen LogP contribution in [0.4, 0.5) is 18.9 Å². The zero-order chi connectivity index (χ0) is 17.7. The van der Waals surface area contributed by atoms with E-state index in [4.69, 9.17) is 4.74 Å². The van der Waals surface area contributed by atoms with Crippen LogP contribution in [-0.2, 0) is 15.7 Å². The molecule has 0 aliphatic carbocycles. The molecule has 0 unspecified atom stereocenters. The molecule has 0 aliphatic heterocycles. The van der Waals surface area contributed by atoms with Crippen LogP contribution in [-0.4, -0.2) is 18.5 Å². The molecule has 0 fully saturated rings. The SMILES string of the molecule is O=C(COC(=O)c1cccc(C(F)(F)F)c1)Nc1ccc(Br)cc1. The summed E-state index contributed by atoms with van der Waals surface area (Å²) < 4.78 is 43.3. The van der Waals surface area contributed by atoms with Crippen molar-refractivity contribution < 1.29 is 27.5 Å². The number of anilines is 1. The molecule has 2 aromatic carbocycles. The van der Waals surface area contributed by atoms with Gasteiger partial charge in [-0.25, -0.2) is 4.79 Å². The van der Waals surface area contributed by atoms with Crippen LogP contribution < -0.4 is 5.32 Å². The molecule has 126 valence electrons. The van der Waals surface area contributed by atoms with Crippen molar-refractivity contribution in [3.05, 3.63) is 64.1 Å². The number of alkyl halides is 3. The monoisotopic (exact) mass is 401 g/mol. The molecule has 24 heavy (non-hydrogen) atoms. The quantitative estimate of drug-likeness (QED) is 0.778. The first-order valence-corrected chi connectivity index (χ1v) is 7.45. The molecule has 1 amide bonds. The normalized spacial score (nSPS) is 11.0. The third-order valence-corrected chi connectivity index (χ3v) is 3.42. The molecule has 0 aliphatic rings. The van der Waals surface area contributed by atoms with Gasteiger partial charge in [0.2, 0.25) is 0 Å². The fourth-order valence-electron chi connectivity index (χ4n) is 1.77. The van der Waals surface area contributed by atoms with Gasteiger partial charge in [-0.3, -0.25) is 4.79 Å². The maximum atomic E-state index is 12.6. The largest absolute Gasteiger partial charge is 0.452 e. The third kappa shape index (κ3) is 5.09. The number of benzene rings is 2. The second-order valence-corrected chi connectivity index (χ2v) is 5.63. The molecular formula is C16H11BrF3NO3. The highest BCUT2D eigenvalue weighted by molar-refractivity contribution is 9.10. The van der Waals surface area contributed by atoms with Crippen molar-refractivity contribution in [1.82, 2.24) is 0 Å². The van der Waals surface area contributed by atoms with Crippen LogP contribution in [0.5, 0.6) is 0 Å². The average Bonchev–Trinajstić information content (AvgIpc) is 2.54. The minimum Gasteiger partial charge on any atom is -0.452 e.